The van der Waals surface area contributed by atoms with Gasteiger partial charge in [0.05, 0.1) is 12.0 Å². The van der Waals surface area contributed by atoms with Gasteiger partial charge in [-0.25, -0.2) is 4.98 Å². The average molecular weight is 416 g/mol. The van der Waals surface area contributed by atoms with E-state index in [-0.39, 0.29) is 11.8 Å². The van der Waals surface area contributed by atoms with Crippen molar-refractivity contribution in [2.24, 2.45) is 0 Å². The first kappa shape index (κ1) is 18.6. The fraction of sp³-hybridized carbons (Fsp3) is 0.200. The second-order valence-corrected chi connectivity index (χ2v) is 7.86. The molecule has 0 saturated carbocycles. The second-order valence-electron chi connectivity index (χ2n) is 6.36. The molecule has 0 fully saturated rings. The van der Waals surface area contributed by atoms with Gasteiger partial charge in [-0.2, -0.15) is 0 Å². The number of nitrogens with two attached hydrogens (primary N) is 1. The lowest BCUT2D eigenvalue weighted by Gasteiger charge is -2.24. The molecule has 6 nitrogen and oxygen atoms in total. The maximum Gasteiger partial charge on any atom is 0.226 e. The van der Waals surface area contributed by atoms with Gasteiger partial charge in [0.15, 0.2) is 16.6 Å². The zero-order valence-corrected chi connectivity index (χ0v) is 16.6. The summed E-state index contributed by atoms with van der Waals surface area (Å²) in [5.41, 5.74) is 7.72. The minimum absolute atomic E-state index is 0.103. The topological polar surface area (TPSA) is 86.5 Å². The largest absolute Gasteiger partial charge is 0.493 e. The van der Waals surface area contributed by atoms with E-state index in [9.17, 15) is 4.79 Å². The van der Waals surface area contributed by atoms with E-state index in [4.69, 9.17) is 26.8 Å². The molecule has 1 aromatic heterocycles. The molecular formula is C20H18ClN3O3S. The Labute approximate surface area is 171 Å². The normalized spacial score (nSPS) is 15.6. The predicted molar refractivity (Wildman–Crippen MR) is 110 cm³/mol. The van der Waals surface area contributed by atoms with E-state index in [1.165, 1.54) is 11.3 Å². The first-order valence-corrected chi connectivity index (χ1v) is 9.84. The van der Waals surface area contributed by atoms with E-state index in [1.807, 2.05) is 42.5 Å². The number of aromatic nitrogens is 1. The third kappa shape index (κ3) is 3.63. The molecule has 1 aliphatic heterocycles. The van der Waals surface area contributed by atoms with Crippen LogP contribution >= 0.6 is 22.9 Å². The highest BCUT2D eigenvalue weighted by molar-refractivity contribution is 7.16. The number of ether oxygens (including phenoxy) is 2. The zero-order chi connectivity index (χ0) is 19.7. The van der Waals surface area contributed by atoms with Gasteiger partial charge in [0.2, 0.25) is 5.91 Å². The molecule has 0 spiro atoms. The smallest absolute Gasteiger partial charge is 0.226 e. The molecule has 2 aromatic carbocycles. The van der Waals surface area contributed by atoms with Gasteiger partial charge in [0, 0.05) is 22.9 Å². The Morgan fingerprint density at radius 3 is 2.82 bits per heavy atom. The molecule has 0 aliphatic carbocycles. The molecule has 28 heavy (non-hydrogen) atoms. The Bertz CT molecular complexity index is 1020. The summed E-state index contributed by atoms with van der Waals surface area (Å²) in [7, 11) is 1.60. The lowest BCUT2D eigenvalue weighted by atomic mass is 9.90. The highest BCUT2D eigenvalue weighted by atomic mass is 35.5. The van der Waals surface area contributed by atoms with Crippen LogP contribution in [0.2, 0.25) is 5.02 Å². The summed E-state index contributed by atoms with van der Waals surface area (Å²) in [5, 5.41) is 3.88. The summed E-state index contributed by atoms with van der Waals surface area (Å²) in [6.45, 7) is 0.348. The minimum Gasteiger partial charge on any atom is -0.493 e. The molecule has 144 valence electrons. The van der Waals surface area contributed by atoms with Gasteiger partial charge in [-0.15, -0.1) is 0 Å². The number of nitrogen functional groups attached to an aromatic ring is 1. The Morgan fingerprint density at radius 2 is 2.07 bits per heavy atom. The van der Waals surface area contributed by atoms with Crippen molar-refractivity contribution < 1.29 is 14.3 Å². The first-order valence-electron chi connectivity index (χ1n) is 8.65. The number of amides is 1. The van der Waals surface area contributed by atoms with Crippen molar-refractivity contribution in [2.45, 2.75) is 18.9 Å². The van der Waals surface area contributed by atoms with E-state index in [0.29, 0.717) is 40.5 Å². The molecular weight excluding hydrogens is 398 g/mol. The van der Waals surface area contributed by atoms with Crippen molar-refractivity contribution in [1.82, 2.24) is 4.98 Å². The monoisotopic (exact) mass is 415 g/mol. The number of hydrogen-bond acceptors (Lipinski definition) is 6. The van der Waals surface area contributed by atoms with Crippen molar-refractivity contribution in [3.63, 3.8) is 0 Å². The van der Waals surface area contributed by atoms with Crippen LogP contribution in [0.4, 0.5) is 10.9 Å². The second kappa shape index (κ2) is 7.69. The summed E-state index contributed by atoms with van der Waals surface area (Å²) >= 11 is 7.33. The van der Waals surface area contributed by atoms with Crippen LogP contribution in [0.5, 0.6) is 11.5 Å². The number of hydrogen-bond donors (Lipinski definition) is 2. The maximum atomic E-state index is 12.2. The number of fused-ring (bicyclic) bond motifs is 1. The van der Waals surface area contributed by atoms with Crippen molar-refractivity contribution in [1.29, 1.82) is 0 Å². The Balaban J connectivity index is 1.71. The molecule has 8 heteroatoms. The van der Waals surface area contributed by atoms with Crippen LogP contribution in [-0.4, -0.2) is 18.0 Å². The number of thiazole rings is 1. The number of benzene rings is 2. The van der Waals surface area contributed by atoms with Gasteiger partial charge in [0.1, 0.15) is 12.4 Å². The van der Waals surface area contributed by atoms with Gasteiger partial charge in [-0.1, -0.05) is 47.2 Å². The minimum atomic E-state index is -0.200. The summed E-state index contributed by atoms with van der Waals surface area (Å²) in [5.74, 6) is 1.44. The molecule has 0 saturated heterocycles. The van der Waals surface area contributed by atoms with E-state index >= 15 is 0 Å². The number of carbonyl (C=O) groups excluding carboxylic acids is 1. The third-order valence-corrected chi connectivity index (χ3v) is 5.79. The molecule has 1 unspecified atom stereocenters. The molecule has 0 bridgehead atoms. The average Bonchev–Trinajstić information content (AvgIpc) is 3.06. The molecule has 1 atom stereocenters. The van der Waals surface area contributed by atoms with E-state index in [2.05, 4.69) is 10.3 Å². The van der Waals surface area contributed by atoms with Gasteiger partial charge in [0.25, 0.3) is 0 Å². The van der Waals surface area contributed by atoms with Gasteiger partial charge in [-0.05, 0) is 23.8 Å². The number of para-hydroxylation sites is 1. The number of anilines is 2. The Morgan fingerprint density at radius 1 is 1.29 bits per heavy atom. The molecule has 3 aromatic rings. The number of nitrogens with one attached hydrogen (secondary N) is 1. The molecule has 3 N–H and O–H groups in total. The van der Waals surface area contributed by atoms with Gasteiger partial charge >= 0.3 is 0 Å². The molecule has 1 amide bonds. The van der Waals surface area contributed by atoms with Crippen LogP contribution in [0.15, 0.2) is 42.5 Å². The van der Waals surface area contributed by atoms with Crippen LogP contribution in [0, 0.1) is 0 Å². The lowest BCUT2D eigenvalue weighted by Crippen LogP contribution is -2.23. The van der Waals surface area contributed by atoms with Crippen LogP contribution < -0.4 is 20.5 Å². The number of methoxy groups -OCH3 is 1. The standard InChI is InChI=1S/C20H18ClN3O3S/c1-26-15-4-2-3-13(17(15)27-10-11-5-7-12(21)8-6-11)14-9-16(25)23-19-18(14)28-20(22)24-19/h2-8,14H,9-10H2,1H3,(H2,22,24)(H,23,25). The van der Waals surface area contributed by atoms with Crippen LogP contribution in [0.3, 0.4) is 0 Å². The summed E-state index contributed by atoms with van der Waals surface area (Å²) in [6, 6.07) is 13.1. The van der Waals surface area contributed by atoms with Crippen molar-refractivity contribution >= 4 is 39.8 Å². The SMILES string of the molecule is COc1cccc(C2CC(=O)Nc3nc(N)sc32)c1OCc1ccc(Cl)cc1. The Hall–Kier alpha value is -2.77. The molecule has 1 aliphatic rings. The van der Waals surface area contributed by atoms with E-state index in [0.717, 1.165) is 16.0 Å². The highest BCUT2D eigenvalue weighted by Gasteiger charge is 2.32. The quantitative estimate of drug-likeness (QED) is 0.643. The number of rotatable bonds is 5. The van der Waals surface area contributed by atoms with Crippen LogP contribution in [0.1, 0.15) is 28.3 Å². The third-order valence-electron chi connectivity index (χ3n) is 4.53. The summed E-state index contributed by atoms with van der Waals surface area (Å²) < 4.78 is 11.7. The van der Waals surface area contributed by atoms with Crippen molar-refractivity contribution in [3.05, 3.63) is 63.5 Å². The maximum absolute atomic E-state index is 12.2. The molecule has 4 rings (SSSR count). The predicted octanol–water partition coefficient (Wildman–Crippen LogP) is 4.44. The number of halogens is 1. The van der Waals surface area contributed by atoms with E-state index < -0.39 is 0 Å². The van der Waals surface area contributed by atoms with Gasteiger partial charge in [-0.3, -0.25) is 4.79 Å². The van der Waals surface area contributed by atoms with Crippen molar-refractivity contribution in [2.75, 3.05) is 18.2 Å². The summed E-state index contributed by atoms with van der Waals surface area (Å²) in [4.78, 5) is 17.4. The first-order chi connectivity index (χ1) is 13.5. The van der Waals surface area contributed by atoms with Crippen molar-refractivity contribution in [3.8, 4) is 11.5 Å². The lowest BCUT2D eigenvalue weighted by molar-refractivity contribution is -0.116. The zero-order valence-electron chi connectivity index (χ0n) is 15.1. The fourth-order valence-corrected chi connectivity index (χ4v) is 4.28. The fourth-order valence-electron chi connectivity index (χ4n) is 3.25. The van der Waals surface area contributed by atoms with Gasteiger partial charge < -0.3 is 20.5 Å². The van der Waals surface area contributed by atoms with E-state index in [1.54, 1.807) is 7.11 Å². The van der Waals surface area contributed by atoms with Crippen LogP contribution in [0.25, 0.3) is 0 Å². The van der Waals surface area contributed by atoms with Crippen LogP contribution in [-0.2, 0) is 11.4 Å². The highest BCUT2D eigenvalue weighted by Crippen LogP contribution is 2.46. The molecule has 2 heterocycles. The molecule has 0 radical (unpaired) electrons. The summed E-state index contributed by atoms with van der Waals surface area (Å²) in [6.07, 6.45) is 0.291. The Kier molecular flexibility index (Phi) is 5.11. The number of carbonyl (C=O) groups is 1. The number of nitrogens with zero attached hydrogens (tertiary/aromatic N) is 1.